The quantitative estimate of drug-likeness (QED) is 0.517. The summed E-state index contributed by atoms with van der Waals surface area (Å²) in [5.41, 5.74) is 0.548. The van der Waals surface area contributed by atoms with Gasteiger partial charge in [0.25, 0.3) is 5.91 Å². The molecular formula is C22H14FNO5S. The van der Waals surface area contributed by atoms with Crippen molar-refractivity contribution in [1.29, 1.82) is 0 Å². The van der Waals surface area contributed by atoms with Gasteiger partial charge >= 0.3 is 11.6 Å². The molecular weight excluding hydrogens is 409 g/mol. The number of thiophene rings is 1. The molecule has 150 valence electrons. The van der Waals surface area contributed by atoms with Gasteiger partial charge in [-0.1, -0.05) is 30.3 Å². The summed E-state index contributed by atoms with van der Waals surface area (Å²) in [5, 5.41) is 9.57. The number of carbonyl (C=O) groups excluding carboxylic acids is 1. The van der Waals surface area contributed by atoms with E-state index in [9.17, 15) is 18.8 Å². The van der Waals surface area contributed by atoms with Crippen LogP contribution in [0, 0.1) is 5.82 Å². The molecule has 0 bridgehead atoms. The van der Waals surface area contributed by atoms with E-state index in [0.717, 1.165) is 11.3 Å². The molecule has 0 radical (unpaired) electrons. The number of nitrogens with zero attached hydrogens (tertiary/aromatic N) is 1. The molecule has 0 aliphatic rings. The number of halogens is 1. The van der Waals surface area contributed by atoms with Crippen LogP contribution in [0.5, 0.6) is 0 Å². The van der Waals surface area contributed by atoms with E-state index in [-0.39, 0.29) is 17.3 Å². The average molecular weight is 423 g/mol. The van der Waals surface area contributed by atoms with Crippen LogP contribution in [0.25, 0.3) is 21.4 Å². The molecule has 2 aromatic carbocycles. The van der Waals surface area contributed by atoms with Gasteiger partial charge in [-0.3, -0.25) is 4.79 Å². The molecule has 4 aromatic rings. The van der Waals surface area contributed by atoms with Crippen molar-refractivity contribution >= 4 is 38.5 Å². The van der Waals surface area contributed by atoms with Gasteiger partial charge in [-0.05, 0) is 35.4 Å². The summed E-state index contributed by atoms with van der Waals surface area (Å²) < 4.78 is 18.8. The lowest BCUT2D eigenvalue weighted by Gasteiger charge is -2.17. The van der Waals surface area contributed by atoms with Crippen LogP contribution in [0.1, 0.15) is 20.7 Å². The topological polar surface area (TPSA) is 87.8 Å². The van der Waals surface area contributed by atoms with Gasteiger partial charge in [-0.25, -0.2) is 14.0 Å². The summed E-state index contributed by atoms with van der Waals surface area (Å²) in [6.07, 6.45) is 0. The molecule has 0 aliphatic heterocycles. The fourth-order valence-electron chi connectivity index (χ4n) is 3.05. The number of anilines is 1. The maximum atomic E-state index is 13.3. The van der Waals surface area contributed by atoms with E-state index >= 15 is 0 Å². The van der Waals surface area contributed by atoms with Gasteiger partial charge in [0.1, 0.15) is 16.4 Å². The van der Waals surface area contributed by atoms with E-state index in [4.69, 9.17) is 9.52 Å². The lowest BCUT2D eigenvalue weighted by Crippen LogP contribution is -2.25. The standard InChI is InChI=1S/C22H14FNO5S/c1-24(19-11-17-18(30-19)10-16(21(26)27)22(28)29-17)20(25)15-5-3-2-4-14(15)12-6-8-13(23)9-7-12/h2-11H,1H3,(H,26,27). The minimum atomic E-state index is -1.38. The van der Waals surface area contributed by atoms with Gasteiger partial charge in [-0.15, -0.1) is 11.3 Å². The van der Waals surface area contributed by atoms with E-state index in [1.165, 1.54) is 29.2 Å². The first-order valence-electron chi connectivity index (χ1n) is 8.79. The first-order chi connectivity index (χ1) is 14.3. The second kappa shape index (κ2) is 7.57. The number of carboxylic acids is 1. The number of fused-ring (bicyclic) bond motifs is 1. The smallest absolute Gasteiger partial charge is 0.351 e. The minimum Gasteiger partial charge on any atom is -0.477 e. The Balaban J connectivity index is 1.73. The molecule has 1 N–H and O–H groups in total. The zero-order valence-corrected chi connectivity index (χ0v) is 16.4. The second-order valence-electron chi connectivity index (χ2n) is 6.48. The SMILES string of the molecule is CN(C(=O)c1ccccc1-c1ccc(F)cc1)c1cc2oc(=O)c(C(=O)O)cc2s1. The summed E-state index contributed by atoms with van der Waals surface area (Å²) in [4.78, 5) is 37.5. The van der Waals surface area contributed by atoms with Gasteiger partial charge in [0.15, 0.2) is 5.58 Å². The number of amides is 1. The molecule has 6 nitrogen and oxygen atoms in total. The van der Waals surface area contributed by atoms with E-state index in [2.05, 4.69) is 0 Å². The predicted molar refractivity (Wildman–Crippen MR) is 112 cm³/mol. The Bertz CT molecular complexity index is 1340. The van der Waals surface area contributed by atoms with Gasteiger partial charge in [0, 0.05) is 18.7 Å². The highest BCUT2D eigenvalue weighted by Gasteiger charge is 2.21. The van der Waals surface area contributed by atoms with Crippen LogP contribution in [-0.4, -0.2) is 24.0 Å². The Kier molecular flexibility index (Phi) is 4.93. The number of hydrogen-bond donors (Lipinski definition) is 1. The molecule has 0 unspecified atom stereocenters. The van der Waals surface area contributed by atoms with Crippen LogP contribution >= 0.6 is 11.3 Å². The Morgan fingerprint density at radius 3 is 2.43 bits per heavy atom. The van der Waals surface area contributed by atoms with Crippen molar-refractivity contribution in [3.63, 3.8) is 0 Å². The van der Waals surface area contributed by atoms with E-state index < -0.39 is 17.2 Å². The molecule has 2 heterocycles. The minimum absolute atomic E-state index is 0.205. The maximum absolute atomic E-state index is 13.3. The van der Waals surface area contributed by atoms with E-state index in [0.29, 0.717) is 26.4 Å². The maximum Gasteiger partial charge on any atom is 0.351 e. The third kappa shape index (κ3) is 3.48. The molecule has 0 aliphatic carbocycles. The van der Waals surface area contributed by atoms with Crippen LogP contribution in [0.3, 0.4) is 0 Å². The van der Waals surface area contributed by atoms with Crippen molar-refractivity contribution in [2.24, 2.45) is 0 Å². The van der Waals surface area contributed by atoms with Crippen LogP contribution in [0.4, 0.5) is 9.39 Å². The highest BCUT2D eigenvalue weighted by Crippen LogP contribution is 2.33. The molecule has 0 spiro atoms. The van der Waals surface area contributed by atoms with Crippen LogP contribution < -0.4 is 10.5 Å². The summed E-state index contributed by atoms with van der Waals surface area (Å²) in [7, 11) is 1.57. The second-order valence-corrected chi connectivity index (χ2v) is 7.54. The van der Waals surface area contributed by atoms with E-state index in [1.54, 1.807) is 43.4 Å². The number of aromatic carboxylic acids is 1. The largest absolute Gasteiger partial charge is 0.477 e. The molecule has 2 aromatic heterocycles. The lowest BCUT2D eigenvalue weighted by atomic mass is 9.99. The predicted octanol–water partition coefficient (Wildman–Crippen LogP) is 4.64. The summed E-state index contributed by atoms with van der Waals surface area (Å²) in [5.74, 6) is -2.06. The highest BCUT2D eigenvalue weighted by atomic mass is 32.1. The van der Waals surface area contributed by atoms with Crippen LogP contribution in [-0.2, 0) is 0 Å². The molecule has 0 saturated heterocycles. The van der Waals surface area contributed by atoms with Crippen molar-refractivity contribution in [2.75, 3.05) is 11.9 Å². The van der Waals surface area contributed by atoms with Crippen molar-refractivity contribution in [3.05, 3.63) is 88.0 Å². The number of hydrogen-bond acceptors (Lipinski definition) is 5. The normalized spacial score (nSPS) is 10.9. The van der Waals surface area contributed by atoms with Crippen molar-refractivity contribution in [3.8, 4) is 11.1 Å². The molecule has 8 heteroatoms. The fraction of sp³-hybridized carbons (Fsp3) is 0.0455. The summed E-state index contributed by atoms with van der Waals surface area (Å²) in [6, 6.07) is 15.6. The third-order valence-corrected chi connectivity index (χ3v) is 5.73. The molecule has 0 atom stereocenters. The molecule has 0 fully saturated rings. The van der Waals surface area contributed by atoms with E-state index in [1.807, 2.05) is 0 Å². The van der Waals surface area contributed by atoms with Gasteiger partial charge in [-0.2, -0.15) is 0 Å². The molecule has 30 heavy (non-hydrogen) atoms. The average Bonchev–Trinajstić information content (AvgIpc) is 3.15. The Hall–Kier alpha value is -3.78. The van der Waals surface area contributed by atoms with Gasteiger partial charge < -0.3 is 14.4 Å². The molecule has 0 saturated carbocycles. The number of carboxylic acid groups (broad SMARTS) is 1. The number of rotatable bonds is 4. The Morgan fingerprint density at radius 1 is 1.03 bits per heavy atom. The van der Waals surface area contributed by atoms with Crippen molar-refractivity contribution in [1.82, 2.24) is 0 Å². The zero-order chi connectivity index (χ0) is 21.4. The van der Waals surface area contributed by atoms with Crippen molar-refractivity contribution in [2.45, 2.75) is 0 Å². The Morgan fingerprint density at radius 2 is 1.73 bits per heavy atom. The van der Waals surface area contributed by atoms with Crippen LogP contribution in [0.2, 0.25) is 0 Å². The first-order valence-corrected chi connectivity index (χ1v) is 9.61. The van der Waals surface area contributed by atoms with Crippen LogP contribution in [0.15, 0.2) is 69.9 Å². The zero-order valence-electron chi connectivity index (χ0n) is 15.6. The molecule has 4 rings (SSSR count). The van der Waals surface area contributed by atoms with Gasteiger partial charge in [0.05, 0.1) is 4.70 Å². The highest BCUT2D eigenvalue weighted by molar-refractivity contribution is 7.22. The molecule has 1 amide bonds. The summed E-state index contributed by atoms with van der Waals surface area (Å²) in [6.45, 7) is 0. The number of carbonyl (C=O) groups is 2. The fourth-order valence-corrected chi connectivity index (χ4v) is 4.04. The number of benzene rings is 2. The Labute approximate surface area is 173 Å². The van der Waals surface area contributed by atoms with Crippen molar-refractivity contribution < 1.29 is 23.5 Å². The lowest BCUT2D eigenvalue weighted by molar-refractivity contribution is 0.0692. The first kappa shape index (κ1) is 19.5. The summed E-state index contributed by atoms with van der Waals surface area (Å²) >= 11 is 1.13. The third-order valence-electron chi connectivity index (χ3n) is 4.59. The monoisotopic (exact) mass is 423 g/mol. The van der Waals surface area contributed by atoms with Gasteiger partial charge in [0.2, 0.25) is 0 Å².